The number of anilines is 1. The van der Waals surface area contributed by atoms with Crippen LogP contribution in [0.15, 0.2) is 18.2 Å². The number of urea groups is 1. The maximum atomic E-state index is 11.8. The first-order valence-electron chi connectivity index (χ1n) is 6.43. The van der Waals surface area contributed by atoms with Crippen molar-refractivity contribution >= 4 is 29.4 Å². The first-order chi connectivity index (χ1) is 9.97. The number of hydrogen-bond donors (Lipinski definition) is 3. The van der Waals surface area contributed by atoms with Gasteiger partial charge in [0.25, 0.3) is 0 Å². The molecule has 1 aromatic rings. The highest BCUT2D eigenvalue weighted by atomic mass is 32.2. The minimum Gasteiger partial charge on any atom is -0.497 e. The predicted molar refractivity (Wildman–Crippen MR) is 84.5 cm³/mol. The fourth-order valence-electron chi connectivity index (χ4n) is 1.72. The van der Waals surface area contributed by atoms with Crippen molar-refractivity contribution in [3.63, 3.8) is 0 Å². The van der Waals surface area contributed by atoms with E-state index < -0.39 is 12.0 Å². The lowest BCUT2D eigenvalue weighted by molar-refractivity contribution is 0.0698. The zero-order valence-corrected chi connectivity index (χ0v) is 13.1. The van der Waals surface area contributed by atoms with Crippen LogP contribution in [-0.4, -0.2) is 42.8 Å². The van der Waals surface area contributed by atoms with Gasteiger partial charge in [0, 0.05) is 12.6 Å². The highest BCUT2D eigenvalue weighted by Gasteiger charge is 2.14. The van der Waals surface area contributed by atoms with Crippen molar-refractivity contribution in [3.8, 4) is 5.75 Å². The van der Waals surface area contributed by atoms with Crippen molar-refractivity contribution in [2.45, 2.75) is 6.92 Å². The molecule has 0 aliphatic heterocycles. The topological polar surface area (TPSA) is 87.7 Å². The van der Waals surface area contributed by atoms with Gasteiger partial charge in [-0.15, -0.1) is 0 Å². The van der Waals surface area contributed by atoms with Crippen LogP contribution in [0.25, 0.3) is 0 Å². The summed E-state index contributed by atoms with van der Waals surface area (Å²) in [6.45, 7) is 2.56. The van der Waals surface area contributed by atoms with E-state index in [4.69, 9.17) is 9.84 Å². The molecule has 21 heavy (non-hydrogen) atoms. The standard InChI is InChI=1S/C14H20N2O4S/c1-9(8-21-3)7-15-14(19)16-12-6-10(20-2)4-5-11(12)13(17)18/h4-6,9H,7-8H2,1-3H3,(H,17,18)(H2,15,16,19). The van der Waals surface area contributed by atoms with E-state index in [-0.39, 0.29) is 11.3 Å². The fourth-order valence-corrected chi connectivity index (χ4v) is 2.40. The van der Waals surface area contributed by atoms with Crippen LogP contribution in [0.2, 0.25) is 0 Å². The van der Waals surface area contributed by atoms with Crippen LogP contribution >= 0.6 is 11.8 Å². The SMILES string of the molecule is COc1ccc(C(=O)O)c(NC(=O)NCC(C)CSC)c1. The van der Waals surface area contributed by atoms with Gasteiger partial charge in [0.2, 0.25) is 0 Å². The molecular formula is C14H20N2O4S. The molecule has 2 amide bonds. The first-order valence-corrected chi connectivity index (χ1v) is 7.82. The van der Waals surface area contributed by atoms with Gasteiger partial charge in [-0.1, -0.05) is 6.92 Å². The number of amides is 2. The van der Waals surface area contributed by atoms with E-state index in [1.807, 2.05) is 13.2 Å². The number of aromatic carboxylic acids is 1. The number of nitrogens with one attached hydrogen (secondary N) is 2. The van der Waals surface area contributed by atoms with Crippen LogP contribution in [0, 0.1) is 5.92 Å². The van der Waals surface area contributed by atoms with Crippen LogP contribution in [0.4, 0.5) is 10.5 Å². The smallest absolute Gasteiger partial charge is 0.337 e. The van der Waals surface area contributed by atoms with E-state index in [2.05, 4.69) is 10.6 Å². The van der Waals surface area contributed by atoms with Gasteiger partial charge in [-0.25, -0.2) is 9.59 Å². The van der Waals surface area contributed by atoms with E-state index in [0.29, 0.717) is 18.2 Å². The molecule has 1 aromatic carbocycles. The largest absolute Gasteiger partial charge is 0.497 e. The normalized spacial score (nSPS) is 11.6. The Morgan fingerprint density at radius 3 is 2.71 bits per heavy atom. The number of hydrogen-bond acceptors (Lipinski definition) is 4. The Balaban J connectivity index is 2.72. The Kier molecular flexibility index (Phi) is 6.87. The number of rotatable bonds is 7. The van der Waals surface area contributed by atoms with Gasteiger partial charge in [0.05, 0.1) is 18.4 Å². The Morgan fingerprint density at radius 1 is 1.43 bits per heavy atom. The quantitative estimate of drug-likeness (QED) is 0.720. The molecule has 0 saturated heterocycles. The lowest BCUT2D eigenvalue weighted by Gasteiger charge is -2.14. The van der Waals surface area contributed by atoms with Gasteiger partial charge < -0.3 is 20.5 Å². The number of methoxy groups -OCH3 is 1. The molecule has 1 atom stereocenters. The summed E-state index contributed by atoms with van der Waals surface area (Å²) < 4.78 is 5.03. The second-order valence-corrected chi connectivity index (χ2v) is 5.52. The van der Waals surface area contributed by atoms with E-state index in [1.165, 1.54) is 25.3 Å². The molecule has 1 rings (SSSR count). The number of thioether (sulfide) groups is 1. The third-order valence-corrected chi connectivity index (χ3v) is 3.67. The average molecular weight is 312 g/mol. The summed E-state index contributed by atoms with van der Waals surface area (Å²) in [6.07, 6.45) is 2.01. The highest BCUT2D eigenvalue weighted by molar-refractivity contribution is 7.98. The molecule has 1 unspecified atom stereocenters. The summed E-state index contributed by atoms with van der Waals surface area (Å²) >= 11 is 1.71. The fraction of sp³-hybridized carbons (Fsp3) is 0.429. The van der Waals surface area contributed by atoms with Crippen LogP contribution in [0.5, 0.6) is 5.75 Å². The zero-order chi connectivity index (χ0) is 15.8. The van der Waals surface area contributed by atoms with Crippen molar-refractivity contribution in [2.24, 2.45) is 5.92 Å². The number of ether oxygens (including phenoxy) is 1. The Hall–Kier alpha value is -1.89. The molecule has 0 aromatic heterocycles. The summed E-state index contributed by atoms with van der Waals surface area (Å²) in [4.78, 5) is 23.0. The van der Waals surface area contributed by atoms with Crippen LogP contribution in [0.3, 0.4) is 0 Å². The van der Waals surface area contributed by atoms with Gasteiger partial charge in [0.15, 0.2) is 0 Å². The maximum Gasteiger partial charge on any atom is 0.337 e. The van der Waals surface area contributed by atoms with E-state index >= 15 is 0 Å². The maximum absolute atomic E-state index is 11.8. The second kappa shape index (κ2) is 8.41. The molecule has 3 N–H and O–H groups in total. The van der Waals surface area contributed by atoms with Crippen molar-refractivity contribution in [1.29, 1.82) is 0 Å². The molecule has 6 nitrogen and oxygen atoms in total. The van der Waals surface area contributed by atoms with Crippen molar-refractivity contribution < 1.29 is 19.4 Å². The van der Waals surface area contributed by atoms with Gasteiger partial charge in [-0.3, -0.25) is 0 Å². The summed E-state index contributed by atoms with van der Waals surface area (Å²) in [5.74, 6) is 0.657. The van der Waals surface area contributed by atoms with Crippen molar-refractivity contribution in [2.75, 3.05) is 31.0 Å². The lowest BCUT2D eigenvalue weighted by atomic mass is 10.1. The van der Waals surface area contributed by atoms with Crippen LogP contribution in [-0.2, 0) is 0 Å². The molecule has 0 aliphatic carbocycles. The first kappa shape index (κ1) is 17.2. The van der Waals surface area contributed by atoms with Crippen LogP contribution < -0.4 is 15.4 Å². The Bertz CT molecular complexity index is 508. The van der Waals surface area contributed by atoms with Gasteiger partial charge >= 0.3 is 12.0 Å². The van der Waals surface area contributed by atoms with E-state index in [1.54, 1.807) is 11.8 Å². The highest BCUT2D eigenvalue weighted by Crippen LogP contribution is 2.22. The molecule has 116 valence electrons. The number of carbonyl (C=O) groups is 2. The summed E-state index contributed by atoms with van der Waals surface area (Å²) in [5.41, 5.74) is 0.222. The van der Waals surface area contributed by atoms with Crippen LogP contribution in [0.1, 0.15) is 17.3 Å². The third kappa shape index (κ3) is 5.55. The molecule has 0 radical (unpaired) electrons. The van der Waals surface area contributed by atoms with E-state index in [9.17, 15) is 9.59 Å². The van der Waals surface area contributed by atoms with Crippen molar-refractivity contribution in [3.05, 3.63) is 23.8 Å². The molecule has 0 bridgehead atoms. The average Bonchev–Trinajstić information content (AvgIpc) is 2.45. The molecule has 0 aliphatic rings. The molecule has 7 heteroatoms. The monoisotopic (exact) mass is 312 g/mol. The lowest BCUT2D eigenvalue weighted by Crippen LogP contribution is -2.33. The number of benzene rings is 1. The van der Waals surface area contributed by atoms with Gasteiger partial charge in [-0.2, -0.15) is 11.8 Å². The van der Waals surface area contributed by atoms with Gasteiger partial charge in [-0.05, 0) is 30.1 Å². The number of carboxylic acid groups (broad SMARTS) is 1. The second-order valence-electron chi connectivity index (χ2n) is 4.61. The number of carboxylic acids is 1. The summed E-state index contributed by atoms with van der Waals surface area (Å²) in [6, 6.07) is 3.98. The minimum absolute atomic E-state index is 0.0168. The Morgan fingerprint density at radius 2 is 2.14 bits per heavy atom. The minimum atomic E-state index is -1.11. The predicted octanol–water partition coefficient (Wildman–Crippen LogP) is 2.51. The van der Waals surface area contributed by atoms with Crippen molar-refractivity contribution in [1.82, 2.24) is 5.32 Å². The molecule has 0 saturated carbocycles. The summed E-state index contributed by atoms with van der Waals surface area (Å²) in [5, 5.41) is 14.4. The molecular weight excluding hydrogens is 292 g/mol. The third-order valence-electron chi connectivity index (χ3n) is 2.77. The summed E-state index contributed by atoms with van der Waals surface area (Å²) in [7, 11) is 1.48. The number of carbonyl (C=O) groups excluding carboxylic acids is 1. The molecule has 0 spiro atoms. The molecule has 0 heterocycles. The zero-order valence-electron chi connectivity index (χ0n) is 12.3. The van der Waals surface area contributed by atoms with E-state index in [0.717, 1.165) is 5.75 Å². The molecule has 0 fully saturated rings. The Labute approximate surface area is 128 Å². The van der Waals surface area contributed by atoms with Gasteiger partial charge in [0.1, 0.15) is 5.75 Å².